The normalized spacial score (nSPS) is 11.5. The van der Waals surface area contributed by atoms with Crippen molar-refractivity contribution in [3.05, 3.63) is 42.5 Å². The molecule has 5 heteroatoms. The van der Waals surface area contributed by atoms with E-state index in [0.29, 0.717) is 0 Å². The summed E-state index contributed by atoms with van der Waals surface area (Å²) in [5, 5.41) is 1.64. The van der Waals surface area contributed by atoms with Crippen LogP contribution in [0.15, 0.2) is 47.4 Å². The molecule has 0 aliphatic carbocycles. The zero-order chi connectivity index (χ0) is 20.1. The molecule has 2 aromatic carbocycles. The Morgan fingerprint density at radius 1 is 0.690 bits per heavy atom. The van der Waals surface area contributed by atoms with Crippen molar-refractivity contribution in [3.63, 3.8) is 0 Å². The maximum Gasteiger partial charge on any atom is 0.297 e. The number of benzene rings is 2. The van der Waals surface area contributed by atoms with Gasteiger partial charge in [0.05, 0.1) is 6.61 Å². The molecule has 0 N–H and O–H groups in total. The first-order valence-corrected chi connectivity index (χ1v) is 12.4. The zero-order valence-electron chi connectivity index (χ0n) is 17.8. The van der Waals surface area contributed by atoms with Gasteiger partial charge in [0.2, 0.25) is 0 Å². The number of unbranched alkanes of at least 4 members (excludes halogenated alkanes) is 11. The van der Waals surface area contributed by atoms with Gasteiger partial charge in [0, 0.05) is 26.5 Å². The van der Waals surface area contributed by atoms with E-state index in [2.05, 4.69) is 6.92 Å². The Hall–Kier alpha value is -0.702. The van der Waals surface area contributed by atoms with Crippen molar-refractivity contribution in [1.29, 1.82) is 0 Å². The molecule has 0 aliphatic heterocycles. The third-order valence-corrected chi connectivity index (χ3v) is 6.63. The van der Waals surface area contributed by atoms with E-state index < -0.39 is 10.1 Å². The van der Waals surface area contributed by atoms with Gasteiger partial charge in [-0.25, -0.2) is 0 Å². The van der Waals surface area contributed by atoms with Crippen LogP contribution >= 0.6 is 0 Å². The van der Waals surface area contributed by atoms with Crippen LogP contribution in [0.2, 0.25) is 0 Å². The topological polar surface area (TPSA) is 43.4 Å². The van der Waals surface area contributed by atoms with E-state index >= 15 is 0 Å². The number of fused-ring (bicyclic) bond motifs is 1. The van der Waals surface area contributed by atoms with Crippen LogP contribution in [0, 0.1) is 0 Å². The maximum absolute atomic E-state index is 12.5. The third-order valence-electron chi connectivity index (χ3n) is 5.26. The van der Waals surface area contributed by atoms with Crippen molar-refractivity contribution in [2.45, 2.75) is 88.9 Å². The molecule has 0 atom stereocenters. The minimum absolute atomic E-state index is 0. The van der Waals surface area contributed by atoms with E-state index in [1.54, 1.807) is 12.1 Å². The predicted octanol–water partition coefficient (Wildman–Crippen LogP) is 7.24. The number of hydrogen-bond acceptors (Lipinski definition) is 3. The molecule has 2 rings (SSSR count). The molecular formula is C24H36MoO3S. The molecule has 0 saturated carbocycles. The molecule has 0 radical (unpaired) electrons. The smallest absolute Gasteiger partial charge is 0.266 e. The van der Waals surface area contributed by atoms with Gasteiger partial charge < -0.3 is 0 Å². The second-order valence-electron chi connectivity index (χ2n) is 7.64. The van der Waals surface area contributed by atoms with Crippen LogP contribution in [0.1, 0.15) is 84.0 Å². The largest absolute Gasteiger partial charge is 0.297 e. The summed E-state index contributed by atoms with van der Waals surface area (Å²) in [6.07, 6.45) is 15.0. The Balaban J connectivity index is 0.00000420. The Morgan fingerprint density at radius 2 is 1.21 bits per heavy atom. The van der Waals surface area contributed by atoms with Gasteiger partial charge in [-0.2, -0.15) is 8.42 Å². The fourth-order valence-electron chi connectivity index (χ4n) is 3.59. The van der Waals surface area contributed by atoms with E-state index in [-0.39, 0.29) is 32.6 Å². The number of rotatable bonds is 15. The fraction of sp³-hybridized carbons (Fsp3) is 0.583. The van der Waals surface area contributed by atoms with Gasteiger partial charge in [0.25, 0.3) is 10.1 Å². The van der Waals surface area contributed by atoms with Crippen LogP contribution in [0.4, 0.5) is 0 Å². The Morgan fingerprint density at radius 3 is 1.83 bits per heavy atom. The van der Waals surface area contributed by atoms with Crippen LogP contribution < -0.4 is 0 Å². The summed E-state index contributed by atoms with van der Waals surface area (Å²) >= 11 is 0. The minimum Gasteiger partial charge on any atom is -0.266 e. The molecule has 0 unspecified atom stereocenters. The second-order valence-corrected chi connectivity index (χ2v) is 9.23. The molecule has 0 saturated heterocycles. The van der Waals surface area contributed by atoms with Crippen molar-refractivity contribution in [2.75, 3.05) is 6.61 Å². The van der Waals surface area contributed by atoms with E-state index in [1.165, 1.54) is 57.8 Å². The summed E-state index contributed by atoms with van der Waals surface area (Å²) in [5.74, 6) is 0. The first-order chi connectivity index (χ1) is 13.6. The molecule has 0 aromatic heterocycles. The van der Waals surface area contributed by atoms with Crippen LogP contribution in [0.5, 0.6) is 0 Å². The average Bonchev–Trinajstić information content (AvgIpc) is 2.71. The first kappa shape index (κ1) is 26.3. The zero-order valence-corrected chi connectivity index (χ0v) is 20.6. The molecule has 0 heterocycles. The molecule has 0 fully saturated rings. The molecular weight excluding hydrogens is 464 g/mol. The van der Waals surface area contributed by atoms with Crippen molar-refractivity contribution in [1.82, 2.24) is 0 Å². The van der Waals surface area contributed by atoms with Crippen LogP contribution in [-0.4, -0.2) is 15.0 Å². The van der Waals surface area contributed by atoms with Crippen molar-refractivity contribution in [2.24, 2.45) is 0 Å². The summed E-state index contributed by atoms with van der Waals surface area (Å²) in [4.78, 5) is 0.268. The minimum atomic E-state index is -3.70. The SMILES string of the molecule is CCCCCCCCCCCCCCOS(=O)(=O)c1cccc2ccccc12.[Mo]. The molecule has 0 aliphatic rings. The van der Waals surface area contributed by atoms with Crippen LogP contribution in [-0.2, 0) is 35.4 Å². The van der Waals surface area contributed by atoms with E-state index in [4.69, 9.17) is 4.18 Å². The van der Waals surface area contributed by atoms with Gasteiger partial charge in [-0.05, 0) is 17.9 Å². The molecule has 3 nitrogen and oxygen atoms in total. The van der Waals surface area contributed by atoms with E-state index in [9.17, 15) is 8.42 Å². The molecule has 0 bridgehead atoms. The fourth-order valence-corrected chi connectivity index (χ4v) is 4.75. The number of hydrogen-bond donors (Lipinski definition) is 0. The monoisotopic (exact) mass is 502 g/mol. The Labute approximate surface area is 192 Å². The Kier molecular flexibility index (Phi) is 13.8. The molecule has 0 spiro atoms. The summed E-state index contributed by atoms with van der Waals surface area (Å²) < 4.78 is 30.3. The van der Waals surface area contributed by atoms with E-state index in [0.717, 1.165) is 30.0 Å². The summed E-state index contributed by atoms with van der Waals surface area (Å²) in [5.41, 5.74) is 0. The quantitative estimate of drug-likeness (QED) is 0.147. The molecule has 0 amide bonds. The van der Waals surface area contributed by atoms with Gasteiger partial charge in [0.1, 0.15) is 4.90 Å². The van der Waals surface area contributed by atoms with Gasteiger partial charge in [-0.1, -0.05) is 114 Å². The standard InChI is InChI=1S/C24H36O3S.Mo/c1-2-3-4-5-6-7-8-9-10-11-12-15-21-27-28(25,26)24-20-16-18-22-17-13-14-19-23(22)24;/h13-14,16-20H,2-12,15,21H2,1H3;. The second kappa shape index (κ2) is 15.2. The van der Waals surface area contributed by atoms with Crippen molar-refractivity contribution in [3.8, 4) is 0 Å². The van der Waals surface area contributed by atoms with Crippen molar-refractivity contribution < 1.29 is 33.7 Å². The van der Waals surface area contributed by atoms with Gasteiger partial charge >= 0.3 is 0 Å². The summed E-state index contributed by atoms with van der Waals surface area (Å²) in [6.45, 7) is 2.52. The maximum atomic E-state index is 12.5. The molecule has 2 aromatic rings. The molecule has 29 heavy (non-hydrogen) atoms. The first-order valence-electron chi connectivity index (χ1n) is 11.0. The summed E-state index contributed by atoms with van der Waals surface area (Å²) in [7, 11) is -3.70. The van der Waals surface area contributed by atoms with Gasteiger partial charge in [-0.3, -0.25) is 4.18 Å². The molecule has 162 valence electrons. The summed E-state index contributed by atoms with van der Waals surface area (Å²) in [6, 6.07) is 12.8. The van der Waals surface area contributed by atoms with Crippen molar-refractivity contribution >= 4 is 20.9 Å². The van der Waals surface area contributed by atoms with Gasteiger partial charge in [0.15, 0.2) is 0 Å². The van der Waals surface area contributed by atoms with E-state index in [1.807, 2.05) is 30.3 Å². The third kappa shape index (κ3) is 9.77. The predicted molar refractivity (Wildman–Crippen MR) is 118 cm³/mol. The Bertz CT molecular complexity index is 784. The van der Waals surface area contributed by atoms with Crippen LogP contribution in [0.25, 0.3) is 10.8 Å². The van der Waals surface area contributed by atoms with Gasteiger partial charge in [-0.15, -0.1) is 0 Å². The van der Waals surface area contributed by atoms with Crippen LogP contribution in [0.3, 0.4) is 0 Å². The average molecular weight is 501 g/mol.